The highest BCUT2D eigenvalue weighted by molar-refractivity contribution is 4.99. The van der Waals surface area contributed by atoms with Crippen LogP contribution in [0.3, 0.4) is 0 Å². The number of nitrogens with zero attached hydrogens (tertiary/aromatic N) is 1. The van der Waals surface area contributed by atoms with Gasteiger partial charge in [0.05, 0.1) is 0 Å². The van der Waals surface area contributed by atoms with Gasteiger partial charge in [-0.15, -0.1) is 0 Å². The van der Waals surface area contributed by atoms with E-state index in [1.807, 2.05) is 0 Å². The molecular formula is C10H16N2O3. The van der Waals surface area contributed by atoms with Crippen LogP contribution in [-0.4, -0.2) is 22.8 Å². The first-order valence-electron chi connectivity index (χ1n) is 5.35. The molecule has 0 aliphatic carbocycles. The number of hydrogen-bond donors (Lipinski definition) is 2. The van der Waals surface area contributed by atoms with Crippen LogP contribution in [0, 0.1) is 5.92 Å². The van der Waals surface area contributed by atoms with Crippen molar-refractivity contribution in [3.8, 4) is 5.88 Å². The fraction of sp³-hybridized carbons (Fsp3) is 0.700. The van der Waals surface area contributed by atoms with Gasteiger partial charge in [-0.3, -0.25) is 0 Å². The van der Waals surface area contributed by atoms with Crippen molar-refractivity contribution >= 4 is 0 Å². The molecule has 0 bridgehead atoms. The molecule has 1 aliphatic rings. The highest BCUT2D eigenvalue weighted by Crippen LogP contribution is 2.17. The molecule has 1 aromatic rings. The van der Waals surface area contributed by atoms with Gasteiger partial charge in [-0.05, 0) is 38.3 Å². The molecule has 1 fully saturated rings. The molecule has 1 aromatic heterocycles. The van der Waals surface area contributed by atoms with E-state index in [0.29, 0.717) is 12.5 Å². The summed E-state index contributed by atoms with van der Waals surface area (Å²) in [4.78, 5) is 11.1. The van der Waals surface area contributed by atoms with Crippen LogP contribution in [0.5, 0.6) is 5.88 Å². The van der Waals surface area contributed by atoms with Gasteiger partial charge >= 0.3 is 5.76 Å². The topological polar surface area (TPSA) is 67.4 Å². The molecule has 0 atom stereocenters. The van der Waals surface area contributed by atoms with Crippen molar-refractivity contribution in [1.82, 2.24) is 9.88 Å². The van der Waals surface area contributed by atoms with Gasteiger partial charge in [-0.25, -0.2) is 9.36 Å². The van der Waals surface area contributed by atoms with Gasteiger partial charge in [-0.1, -0.05) is 0 Å². The van der Waals surface area contributed by atoms with Gasteiger partial charge in [0.25, 0.3) is 0 Å². The van der Waals surface area contributed by atoms with E-state index in [-0.39, 0.29) is 5.88 Å². The largest absolute Gasteiger partial charge is 0.492 e. The second-order valence-corrected chi connectivity index (χ2v) is 3.99. The maximum absolute atomic E-state index is 11.1. The van der Waals surface area contributed by atoms with Crippen LogP contribution in [-0.2, 0) is 6.54 Å². The number of piperidine rings is 1. The zero-order valence-electron chi connectivity index (χ0n) is 8.61. The average Bonchev–Trinajstić information content (AvgIpc) is 2.58. The van der Waals surface area contributed by atoms with Crippen molar-refractivity contribution in [3.63, 3.8) is 0 Å². The molecule has 0 amide bonds. The minimum Gasteiger partial charge on any atom is -0.492 e. The van der Waals surface area contributed by atoms with Crippen molar-refractivity contribution in [1.29, 1.82) is 0 Å². The fourth-order valence-corrected chi connectivity index (χ4v) is 2.01. The van der Waals surface area contributed by atoms with Gasteiger partial charge in [0.2, 0.25) is 5.88 Å². The van der Waals surface area contributed by atoms with Crippen LogP contribution < -0.4 is 11.1 Å². The van der Waals surface area contributed by atoms with Crippen molar-refractivity contribution in [2.24, 2.45) is 5.92 Å². The summed E-state index contributed by atoms with van der Waals surface area (Å²) in [5, 5.41) is 12.6. The smallest absolute Gasteiger partial charge is 0.421 e. The number of hydrogen-bond acceptors (Lipinski definition) is 4. The Labute approximate surface area is 87.7 Å². The third-order valence-electron chi connectivity index (χ3n) is 2.98. The highest BCUT2D eigenvalue weighted by Gasteiger charge is 2.14. The lowest BCUT2D eigenvalue weighted by molar-refractivity contribution is 0.321. The van der Waals surface area contributed by atoms with Crippen LogP contribution in [0.1, 0.15) is 19.3 Å². The zero-order chi connectivity index (χ0) is 10.7. The van der Waals surface area contributed by atoms with Gasteiger partial charge in [0.15, 0.2) is 6.26 Å². The van der Waals surface area contributed by atoms with E-state index in [1.54, 1.807) is 0 Å². The third-order valence-corrected chi connectivity index (χ3v) is 2.98. The maximum atomic E-state index is 11.1. The molecule has 2 N–H and O–H groups in total. The summed E-state index contributed by atoms with van der Waals surface area (Å²) in [5.41, 5.74) is 0. The molecule has 0 spiro atoms. The molecule has 5 nitrogen and oxygen atoms in total. The summed E-state index contributed by atoms with van der Waals surface area (Å²) in [6.07, 6.45) is 4.31. The van der Waals surface area contributed by atoms with Crippen LogP contribution >= 0.6 is 0 Å². The lowest BCUT2D eigenvalue weighted by atomic mass is 9.95. The number of rotatable bonds is 3. The van der Waals surface area contributed by atoms with E-state index in [1.165, 1.54) is 4.57 Å². The zero-order valence-corrected chi connectivity index (χ0v) is 8.61. The van der Waals surface area contributed by atoms with E-state index < -0.39 is 5.76 Å². The normalized spacial score (nSPS) is 18.1. The summed E-state index contributed by atoms with van der Waals surface area (Å²) in [6.45, 7) is 2.65. The Kier molecular flexibility index (Phi) is 3.11. The van der Waals surface area contributed by atoms with E-state index in [4.69, 9.17) is 0 Å². The Hall–Kier alpha value is -1.23. The fourth-order valence-electron chi connectivity index (χ4n) is 2.01. The number of aromatic nitrogens is 1. The summed E-state index contributed by atoms with van der Waals surface area (Å²) in [7, 11) is 0. The first-order chi connectivity index (χ1) is 7.27. The molecule has 0 unspecified atom stereocenters. The third kappa shape index (κ3) is 2.41. The number of nitrogens with one attached hydrogen (secondary N) is 1. The van der Waals surface area contributed by atoms with E-state index in [0.717, 1.165) is 38.6 Å². The van der Waals surface area contributed by atoms with Crippen LogP contribution in [0.2, 0.25) is 0 Å². The molecule has 5 heteroatoms. The second-order valence-electron chi connectivity index (χ2n) is 3.99. The first kappa shape index (κ1) is 10.3. The van der Waals surface area contributed by atoms with Crippen molar-refractivity contribution in [2.75, 3.05) is 13.1 Å². The molecule has 0 aromatic carbocycles. The van der Waals surface area contributed by atoms with Gasteiger partial charge in [-0.2, -0.15) is 0 Å². The van der Waals surface area contributed by atoms with E-state index in [9.17, 15) is 9.90 Å². The van der Waals surface area contributed by atoms with Crippen molar-refractivity contribution in [3.05, 3.63) is 16.8 Å². The molecule has 0 radical (unpaired) electrons. The SMILES string of the molecule is O=c1occ(O)n1CCC1CCNCC1. The molecule has 84 valence electrons. The number of oxazole rings is 1. The first-order valence-corrected chi connectivity index (χ1v) is 5.35. The second kappa shape index (κ2) is 4.53. The van der Waals surface area contributed by atoms with Crippen molar-refractivity contribution in [2.45, 2.75) is 25.8 Å². The minimum absolute atomic E-state index is 0.0751. The molecule has 2 rings (SSSR count). The van der Waals surface area contributed by atoms with Gasteiger partial charge < -0.3 is 14.8 Å². The number of aromatic hydroxyl groups is 1. The van der Waals surface area contributed by atoms with Gasteiger partial charge in [0, 0.05) is 6.54 Å². The Balaban J connectivity index is 1.89. The maximum Gasteiger partial charge on any atom is 0.421 e. The molecule has 1 aliphatic heterocycles. The summed E-state index contributed by atoms with van der Waals surface area (Å²) in [5.74, 6) is 0.0998. The molecule has 15 heavy (non-hydrogen) atoms. The standard InChI is InChI=1S/C10H16N2O3/c13-9-7-15-10(14)12(9)6-3-8-1-4-11-5-2-8/h7-8,11,13H,1-6H2. The predicted octanol–water partition coefficient (Wildman–Crippen LogP) is 0.537. The highest BCUT2D eigenvalue weighted by atomic mass is 16.4. The monoisotopic (exact) mass is 212 g/mol. The lowest BCUT2D eigenvalue weighted by Crippen LogP contribution is -2.28. The minimum atomic E-state index is -0.471. The average molecular weight is 212 g/mol. The Bertz CT molecular complexity index is 363. The molecule has 0 saturated carbocycles. The quantitative estimate of drug-likeness (QED) is 0.767. The lowest BCUT2D eigenvalue weighted by Gasteiger charge is -2.22. The summed E-state index contributed by atoms with van der Waals surface area (Å²) in [6, 6.07) is 0. The summed E-state index contributed by atoms with van der Waals surface area (Å²) >= 11 is 0. The van der Waals surface area contributed by atoms with Crippen LogP contribution in [0.4, 0.5) is 0 Å². The van der Waals surface area contributed by atoms with Crippen molar-refractivity contribution < 1.29 is 9.52 Å². The predicted molar refractivity (Wildman–Crippen MR) is 54.8 cm³/mol. The molecule has 2 heterocycles. The van der Waals surface area contributed by atoms with E-state index in [2.05, 4.69) is 9.73 Å². The molecule has 1 saturated heterocycles. The van der Waals surface area contributed by atoms with Gasteiger partial charge in [0.1, 0.15) is 0 Å². The van der Waals surface area contributed by atoms with Crippen LogP contribution in [0.15, 0.2) is 15.5 Å². The van der Waals surface area contributed by atoms with E-state index >= 15 is 0 Å². The van der Waals surface area contributed by atoms with Crippen LogP contribution in [0.25, 0.3) is 0 Å². The Morgan fingerprint density at radius 1 is 1.53 bits per heavy atom. The Morgan fingerprint density at radius 2 is 2.27 bits per heavy atom. The Morgan fingerprint density at radius 3 is 2.87 bits per heavy atom. The molecular weight excluding hydrogens is 196 g/mol. The summed E-state index contributed by atoms with van der Waals surface area (Å²) < 4.78 is 5.86.